The average Bonchev–Trinajstić information content (AvgIpc) is 3.02. The molecule has 5 heteroatoms. The monoisotopic (exact) mass is 272 g/mol. The third kappa shape index (κ3) is 1.72. The first-order valence-electron chi connectivity index (χ1n) is 5.85. The lowest BCUT2D eigenvalue weighted by molar-refractivity contribution is 0.174. The van der Waals surface area contributed by atoms with E-state index in [0.717, 1.165) is 33.9 Å². The van der Waals surface area contributed by atoms with Gasteiger partial charge in [-0.3, -0.25) is 0 Å². The molecule has 4 rings (SSSR count). The van der Waals surface area contributed by atoms with Gasteiger partial charge in [-0.1, -0.05) is 11.6 Å². The molecule has 0 saturated heterocycles. The van der Waals surface area contributed by atoms with E-state index in [9.17, 15) is 0 Å². The summed E-state index contributed by atoms with van der Waals surface area (Å²) >= 11 is 5.96. The molecule has 1 aliphatic rings. The van der Waals surface area contributed by atoms with Crippen molar-refractivity contribution in [1.29, 1.82) is 0 Å². The van der Waals surface area contributed by atoms with E-state index in [1.54, 1.807) is 0 Å². The topological polar surface area (TPSA) is 47.1 Å². The molecular weight excluding hydrogens is 264 g/mol. The number of hydrogen-bond donors (Lipinski definition) is 1. The molecule has 0 saturated carbocycles. The highest BCUT2D eigenvalue weighted by Crippen LogP contribution is 2.35. The zero-order valence-corrected chi connectivity index (χ0v) is 10.6. The molecule has 19 heavy (non-hydrogen) atoms. The second-order valence-corrected chi connectivity index (χ2v) is 4.75. The maximum Gasteiger partial charge on any atom is 0.231 e. The number of halogens is 1. The van der Waals surface area contributed by atoms with Crippen molar-refractivity contribution in [2.75, 3.05) is 6.79 Å². The number of imidazole rings is 1. The standard InChI is InChI=1S/C14H9ClN2O2/c15-9-2-3-10-11(6-9)17-14(16-10)8-1-4-12-13(5-8)19-7-18-12/h1-6H,7H2,(H,16,17). The SMILES string of the molecule is Clc1ccc2[nH]c(-c3ccc4c(c3)OCO4)nc2c1. The van der Waals surface area contributed by atoms with E-state index in [-0.39, 0.29) is 6.79 Å². The second kappa shape index (κ2) is 3.90. The molecule has 1 N–H and O–H groups in total. The normalized spacial score (nSPS) is 13.1. The number of nitrogens with one attached hydrogen (secondary N) is 1. The van der Waals surface area contributed by atoms with Crippen LogP contribution in [0.2, 0.25) is 5.02 Å². The van der Waals surface area contributed by atoms with Crippen LogP contribution in [0.5, 0.6) is 11.5 Å². The first-order chi connectivity index (χ1) is 9.29. The number of aromatic nitrogens is 2. The summed E-state index contributed by atoms with van der Waals surface area (Å²) in [5, 5.41) is 0.677. The molecule has 0 spiro atoms. The first kappa shape index (κ1) is 10.7. The zero-order valence-electron chi connectivity index (χ0n) is 9.81. The van der Waals surface area contributed by atoms with Gasteiger partial charge in [0.2, 0.25) is 6.79 Å². The van der Waals surface area contributed by atoms with Crippen LogP contribution in [-0.2, 0) is 0 Å². The highest BCUT2D eigenvalue weighted by atomic mass is 35.5. The van der Waals surface area contributed by atoms with Crippen molar-refractivity contribution < 1.29 is 9.47 Å². The maximum atomic E-state index is 5.96. The van der Waals surface area contributed by atoms with E-state index < -0.39 is 0 Å². The number of nitrogens with zero attached hydrogens (tertiary/aromatic N) is 1. The van der Waals surface area contributed by atoms with Crippen molar-refractivity contribution in [2.45, 2.75) is 0 Å². The number of aromatic amines is 1. The minimum atomic E-state index is 0.272. The van der Waals surface area contributed by atoms with Crippen LogP contribution in [-0.4, -0.2) is 16.8 Å². The molecule has 0 amide bonds. The van der Waals surface area contributed by atoms with Crippen LogP contribution in [0.4, 0.5) is 0 Å². The van der Waals surface area contributed by atoms with Gasteiger partial charge < -0.3 is 14.5 Å². The van der Waals surface area contributed by atoms with Gasteiger partial charge >= 0.3 is 0 Å². The zero-order chi connectivity index (χ0) is 12.8. The summed E-state index contributed by atoms with van der Waals surface area (Å²) in [4.78, 5) is 7.80. The Morgan fingerprint density at radius 2 is 1.95 bits per heavy atom. The van der Waals surface area contributed by atoms with E-state index in [1.807, 2.05) is 36.4 Å². The van der Waals surface area contributed by atoms with E-state index in [4.69, 9.17) is 21.1 Å². The molecule has 0 bridgehead atoms. The van der Waals surface area contributed by atoms with Gasteiger partial charge in [-0.05, 0) is 36.4 Å². The lowest BCUT2D eigenvalue weighted by atomic mass is 10.2. The number of hydrogen-bond acceptors (Lipinski definition) is 3. The molecule has 0 unspecified atom stereocenters. The van der Waals surface area contributed by atoms with Crippen LogP contribution in [0.25, 0.3) is 22.4 Å². The van der Waals surface area contributed by atoms with Crippen molar-refractivity contribution in [3.05, 3.63) is 41.4 Å². The number of benzene rings is 2. The predicted octanol–water partition coefficient (Wildman–Crippen LogP) is 3.61. The molecule has 0 aliphatic carbocycles. The fraction of sp³-hybridized carbons (Fsp3) is 0.0714. The van der Waals surface area contributed by atoms with Gasteiger partial charge in [0.1, 0.15) is 5.82 Å². The highest BCUT2D eigenvalue weighted by molar-refractivity contribution is 6.31. The summed E-state index contributed by atoms with van der Waals surface area (Å²) in [6.45, 7) is 0.272. The Labute approximate surface area is 113 Å². The fourth-order valence-corrected chi connectivity index (χ4v) is 2.33. The molecule has 94 valence electrons. The van der Waals surface area contributed by atoms with E-state index in [2.05, 4.69) is 9.97 Å². The molecule has 3 aromatic rings. The molecule has 2 heterocycles. The number of ether oxygens (including phenoxy) is 2. The first-order valence-corrected chi connectivity index (χ1v) is 6.23. The molecule has 4 nitrogen and oxygen atoms in total. The van der Waals surface area contributed by atoms with Crippen LogP contribution in [0.3, 0.4) is 0 Å². The lowest BCUT2D eigenvalue weighted by Gasteiger charge is -1.99. The summed E-state index contributed by atoms with van der Waals surface area (Å²) in [6.07, 6.45) is 0. The Kier molecular flexibility index (Phi) is 2.19. The summed E-state index contributed by atoms with van der Waals surface area (Å²) in [5.41, 5.74) is 2.76. The number of H-pyrrole nitrogens is 1. The Bertz CT molecular complexity index is 782. The number of fused-ring (bicyclic) bond motifs is 2. The molecule has 1 aliphatic heterocycles. The Hall–Kier alpha value is -2.20. The van der Waals surface area contributed by atoms with Gasteiger partial charge in [-0.2, -0.15) is 0 Å². The summed E-state index contributed by atoms with van der Waals surface area (Å²) in [7, 11) is 0. The molecule has 0 atom stereocenters. The van der Waals surface area contributed by atoms with Crippen molar-refractivity contribution in [1.82, 2.24) is 9.97 Å². The summed E-state index contributed by atoms with van der Waals surface area (Å²) in [5.74, 6) is 2.30. The van der Waals surface area contributed by atoms with Gasteiger partial charge in [-0.25, -0.2) is 4.98 Å². The van der Waals surface area contributed by atoms with Gasteiger partial charge in [0.15, 0.2) is 11.5 Å². The molecule has 1 aromatic heterocycles. The van der Waals surface area contributed by atoms with Crippen LogP contribution < -0.4 is 9.47 Å². The lowest BCUT2D eigenvalue weighted by Crippen LogP contribution is -1.92. The van der Waals surface area contributed by atoms with Crippen molar-refractivity contribution >= 4 is 22.6 Å². The van der Waals surface area contributed by atoms with E-state index in [1.165, 1.54) is 0 Å². The Morgan fingerprint density at radius 1 is 1.05 bits per heavy atom. The molecule has 2 aromatic carbocycles. The fourth-order valence-electron chi connectivity index (χ4n) is 2.16. The van der Waals surface area contributed by atoms with Crippen molar-refractivity contribution in [2.24, 2.45) is 0 Å². The van der Waals surface area contributed by atoms with Crippen LogP contribution in [0, 0.1) is 0 Å². The van der Waals surface area contributed by atoms with Gasteiger partial charge in [0, 0.05) is 10.6 Å². The second-order valence-electron chi connectivity index (χ2n) is 4.31. The van der Waals surface area contributed by atoms with Crippen molar-refractivity contribution in [3.63, 3.8) is 0 Å². The quantitative estimate of drug-likeness (QED) is 0.736. The third-order valence-corrected chi connectivity index (χ3v) is 3.33. The highest BCUT2D eigenvalue weighted by Gasteiger charge is 2.15. The Morgan fingerprint density at radius 3 is 2.89 bits per heavy atom. The smallest absolute Gasteiger partial charge is 0.231 e. The largest absolute Gasteiger partial charge is 0.454 e. The van der Waals surface area contributed by atoms with Gasteiger partial charge in [0.25, 0.3) is 0 Å². The molecular formula is C14H9ClN2O2. The number of rotatable bonds is 1. The average molecular weight is 273 g/mol. The van der Waals surface area contributed by atoms with E-state index in [0.29, 0.717) is 5.02 Å². The predicted molar refractivity (Wildman–Crippen MR) is 72.7 cm³/mol. The minimum Gasteiger partial charge on any atom is -0.454 e. The third-order valence-electron chi connectivity index (χ3n) is 3.09. The van der Waals surface area contributed by atoms with Gasteiger partial charge in [0.05, 0.1) is 11.0 Å². The van der Waals surface area contributed by atoms with Crippen LogP contribution in [0.15, 0.2) is 36.4 Å². The molecule has 0 radical (unpaired) electrons. The Balaban J connectivity index is 1.85. The maximum absolute atomic E-state index is 5.96. The summed E-state index contributed by atoms with van der Waals surface area (Å²) in [6, 6.07) is 11.4. The summed E-state index contributed by atoms with van der Waals surface area (Å²) < 4.78 is 10.7. The van der Waals surface area contributed by atoms with Crippen LogP contribution >= 0.6 is 11.6 Å². The van der Waals surface area contributed by atoms with Crippen LogP contribution in [0.1, 0.15) is 0 Å². The molecule has 0 fully saturated rings. The van der Waals surface area contributed by atoms with E-state index >= 15 is 0 Å². The van der Waals surface area contributed by atoms with Gasteiger partial charge in [-0.15, -0.1) is 0 Å². The minimum absolute atomic E-state index is 0.272. The van der Waals surface area contributed by atoms with Crippen molar-refractivity contribution in [3.8, 4) is 22.9 Å².